The summed E-state index contributed by atoms with van der Waals surface area (Å²) in [4.78, 5) is 1.36. The lowest BCUT2D eigenvalue weighted by Gasteiger charge is -2.02. The Morgan fingerprint density at radius 2 is 2.00 bits per heavy atom. The summed E-state index contributed by atoms with van der Waals surface area (Å²) in [6.45, 7) is 2.14. The molecule has 0 aliphatic rings. The van der Waals surface area contributed by atoms with Crippen LogP contribution in [0.3, 0.4) is 0 Å². The Hall–Kier alpha value is -1.28. The molecule has 0 unspecified atom stereocenters. The van der Waals surface area contributed by atoms with Gasteiger partial charge in [0, 0.05) is 17.6 Å². The molecular weight excluding hydrogens is 190 g/mol. The van der Waals surface area contributed by atoms with Gasteiger partial charge in [-0.15, -0.1) is 11.3 Å². The zero-order valence-corrected chi connectivity index (χ0v) is 9.19. The molecule has 72 valence electrons. The Labute approximate surface area is 88.4 Å². The van der Waals surface area contributed by atoms with E-state index >= 15 is 0 Å². The van der Waals surface area contributed by atoms with E-state index in [1.54, 1.807) is 11.3 Å². The molecule has 1 nitrogen and oxygen atoms in total. The fraction of sp³-hybridized carbons (Fsp3) is 0.167. The second kappa shape index (κ2) is 3.84. The predicted octanol–water partition coefficient (Wildman–Crippen LogP) is 3.77. The van der Waals surface area contributed by atoms with Crippen molar-refractivity contribution >= 4 is 17.0 Å². The Balaban J connectivity index is 2.41. The number of aryl methyl sites for hydroxylation is 1. The van der Waals surface area contributed by atoms with E-state index in [-0.39, 0.29) is 0 Å². The fourth-order valence-electron chi connectivity index (χ4n) is 1.45. The van der Waals surface area contributed by atoms with E-state index in [2.05, 4.69) is 48.0 Å². The van der Waals surface area contributed by atoms with Crippen LogP contribution in [-0.2, 0) is 0 Å². The maximum atomic E-state index is 3.15. The van der Waals surface area contributed by atoms with Crippen molar-refractivity contribution in [3.8, 4) is 11.1 Å². The van der Waals surface area contributed by atoms with Crippen LogP contribution in [0.1, 0.15) is 4.88 Å². The average Bonchev–Trinajstić information content (AvgIpc) is 2.65. The second-order valence-electron chi connectivity index (χ2n) is 3.28. The van der Waals surface area contributed by atoms with Crippen LogP contribution in [0, 0.1) is 6.92 Å². The van der Waals surface area contributed by atoms with Gasteiger partial charge in [0.05, 0.1) is 0 Å². The van der Waals surface area contributed by atoms with Gasteiger partial charge in [0.25, 0.3) is 0 Å². The van der Waals surface area contributed by atoms with E-state index < -0.39 is 0 Å². The van der Waals surface area contributed by atoms with Crippen molar-refractivity contribution in [2.75, 3.05) is 12.4 Å². The average molecular weight is 203 g/mol. The van der Waals surface area contributed by atoms with Crippen LogP contribution in [0.4, 0.5) is 5.69 Å². The maximum absolute atomic E-state index is 3.15. The van der Waals surface area contributed by atoms with Gasteiger partial charge >= 0.3 is 0 Å². The van der Waals surface area contributed by atoms with E-state index in [9.17, 15) is 0 Å². The lowest BCUT2D eigenvalue weighted by molar-refractivity contribution is 1.51. The molecule has 14 heavy (non-hydrogen) atoms. The Morgan fingerprint density at radius 1 is 1.14 bits per heavy atom. The minimum Gasteiger partial charge on any atom is -0.388 e. The molecule has 1 aromatic heterocycles. The molecule has 2 aromatic rings. The number of hydrogen-bond donors (Lipinski definition) is 1. The summed E-state index contributed by atoms with van der Waals surface area (Å²) in [7, 11) is 1.94. The summed E-state index contributed by atoms with van der Waals surface area (Å²) in [6.07, 6.45) is 0. The topological polar surface area (TPSA) is 12.0 Å². The Kier molecular flexibility index (Phi) is 2.55. The molecule has 1 aromatic carbocycles. The maximum Gasteiger partial charge on any atom is 0.0343 e. The predicted molar refractivity (Wildman–Crippen MR) is 64.0 cm³/mol. The van der Waals surface area contributed by atoms with Crippen LogP contribution in [0.25, 0.3) is 11.1 Å². The zero-order chi connectivity index (χ0) is 9.97. The van der Waals surface area contributed by atoms with Crippen molar-refractivity contribution in [1.29, 1.82) is 0 Å². The van der Waals surface area contributed by atoms with Gasteiger partial charge in [0.2, 0.25) is 0 Å². The van der Waals surface area contributed by atoms with Crippen molar-refractivity contribution in [3.05, 3.63) is 40.6 Å². The highest BCUT2D eigenvalue weighted by Crippen LogP contribution is 2.26. The van der Waals surface area contributed by atoms with Gasteiger partial charge in [-0.2, -0.15) is 0 Å². The van der Waals surface area contributed by atoms with E-state index in [4.69, 9.17) is 0 Å². The van der Waals surface area contributed by atoms with Gasteiger partial charge in [0.1, 0.15) is 0 Å². The van der Waals surface area contributed by atoms with Gasteiger partial charge < -0.3 is 5.32 Å². The highest BCUT2D eigenvalue weighted by molar-refractivity contribution is 7.10. The monoisotopic (exact) mass is 203 g/mol. The number of hydrogen-bond acceptors (Lipinski definition) is 2. The highest BCUT2D eigenvalue weighted by Gasteiger charge is 2.00. The van der Waals surface area contributed by atoms with Crippen molar-refractivity contribution in [2.24, 2.45) is 0 Å². The summed E-state index contributed by atoms with van der Waals surface area (Å²) in [5.74, 6) is 0. The lowest BCUT2D eigenvalue weighted by atomic mass is 10.1. The number of rotatable bonds is 2. The minimum atomic E-state index is 1.16. The normalized spacial score (nSPS) is 10.1. The van der Waals surface area contributed by atoms with Gasteiger partial charge in [-0.25, -0.2) is 0 Å². The molecule has 2 heteroatoms. The molecule has 1 N–H and O–H groups in total. The second-order valence-corrected chi connectivity index (χ2v) is 4.39. The van der Waals surface area contributed by atoms with Crippen LogP contribution < -0.4 is 5.32 Å². The summed E-state index contributed by atoms with van der Waals surface area (Å²) in [6, 6.07) is 10.7. The first-order valence-electron chi connectivity index (χ1n) is 4.63. The largest absolute Gasteiger partial charge is 0.388 e. The van der Waals surface area contributed by atoms with Crippen molar-refractivity contribution in [1.82, 2.24) is 0 Å². The van der Waals surface area contributed by atoms with Crippen LogP contribution >= 0.6 is 11.3 Å². The quantitative estimate of drug-likeness (QED) is 0.783. The van der Waals surface area contributed by atoms with Crippen molar-refractivity contribution in [3.63, 3.8) is 0 Å². The summed E-state index contributed by atoms with van der Waals surface area (Å²) >= 11 is 1.79. The summed E-state index contributed by atoms with van der Waals surface area (Å²) in [5, 5.41) is 5.35. The molecular formula is C12H13NS. The number of thiophene rings is 1. The zero-order valence-electron chi connectivity index (χ0n) is 8.37. The van der Waals surface area contributed by atoms with Crippen LogP contribution in [0.2, 0.25) is 0 Å². The van der Waals surface area contributed by atoms with Gasteiger partial charge in [0.15, 0.2) is 0 Å². The lowest BCUT2D eigenvalue weighted by Crippen LogP contribution is -1.86. The first kappa shape index (κ1) is 9.28. The standard InChI is InChI=1S/C12H13NS/c1-9-6-11(8-14-9)10-4-3-5-12(7-10)13-2/h3-8,13H,1-2H3. The first-order chi connectivity index (χ1) is 6.79. The number of benzene rings is 1. The molecule has 0 radical (unpaired) electrons. The minimum absolute atomic E-state index is 1.16. The van der Waals surface area contributed by atoms with Gasteiger partial charge in [-0.3, -0.25) is 0 Å². The molecule has 1 heterocycles. The molecule has 0 aliphatic carbocycles. The Bertz CT molecular complexity index is 431. The molecule has 0 spiro atoms. The molecule has 0 bridgehead atoms. The highest BCUT2D eigenvalue weighted by atomic mass is 32.1. The van der Waals surface area contributed by atoms with Gasteiger partial charge in [-0.1, -0.05) is 12.1 Å². The fourth-order valence-corrected chi connectivity index (χ4v) is 2.16. The van der Waals surface area contributed by atoms with Crippen LogP contribution in [0.5, 0.6) is 0 Å². The van der Waals surface area contributed by atoms with Crippen molar-refractivity contribution in [2.45, 2.75) is 6.92 Å². The molecule has 0 saturated carbocycles. The molecule has 0 amide bonds. The Morgan fingerprint density at radius 3 is 2.64 bits per heavy atom. The summed E-state index contributed by atoms with van der Waals surface area (Å²) in [5.41, 5.74) is 3.75. The van der Waals surface area contributed by atoms with E-state index in [0.29, 0.717) is 0 Å². The van der Waals surface area contributed by atoms with Gasteiger partial charge in [-0.05, 0) is 41.6 Å². The molecule has 2 rings (SSSR count). The first-order valence-corrected chi connectivity index (χ1v) is 5.51. The van der Waals surface area contributed by atoms with E-state index in [0.717, 1.165) is 5.69 Å². The molecule has 0 saturated heterocycles. The number of anilines is 1. The SMILES string of the molecule is CNc1cccc(-c2csc(C)c2)c1. The third-order valence-electron chi connectivity index (χ3n) is 2.22. The molecule has 0 atom stereocenters. The van der Waals surface area contributed by atoms with Crippen LogP contribution in [-0.4, -0.2) is 7.05 Å². The molecule has 0 fully saturated rings. The third kappa shape index (κ3) is 1.80. The van der Waals surface area contributed by atoms with E-state index in [1.165, 1.54) is 16.0 Å². The van der Waals surface area contributed by atoms with Crippen LogP contribution in [0.15, 0.2) is 35.7 Å². The smallest absolute Gasteiger partial charge is 0.0343 e. The van der Waals surface area contributed by atoms with E-state index in [1.807, 2.05) is 7.05 Å². The number of nitrogens with one attached hydrogen (secondary N) is 1. The molecule has 0 aliphatic heterocycles. The van der Waals surface area contributed by atoms with Crippen molar-refractivity contribution < 1.29 is 0 Å². The summed E-state index contributed by atoms with van der Waals surface area (Å²) < 4.78 is 0. The third-order valence-corrected chi connectivity index (χ3v) is 3.08.